The second-order valence-corrected chi connectivity index (χ2v) is 4.09. The third-order valence-electron chi connectivity index (χ3n) is 2.48. The van der Waals surface area contributed by atoms with Crippen molar-refractivity contribution in [2.45, 2.75) is 26.3 Å². The maximum atomic E-state index is 11.9. The van der Waals surface area contributed by atoms with Crippen molar-refractivity contribution in [2.75, 3.05) is 13.7 Å². The number of carbonyl (C=O) groups excluding carboxylic acids is 2. The number of carbonyl (C=O) groups is 2. The summed E-state index contributed by atoms with van der Waals surface area (Å²) in [7, 11) is 1.53. The molecule has 0 heterocycles. The Hall–Kier alpha value is -2.04. The SMILES string of the molecule is CCCOC(=O)C(C)NC(=O)c1cccc(OC)c1. The zero-order valence-corrected chi connectivity index (χ0v) is 11.4. The number of ether oxygens (including phenoxy) is 2. The van der Waals surface area contributed by atoms with Gasteiger partial charge >= 0.3 is 5.97 Å². The molecule has 0 bridgehead atoms. The summed E-state index contributed by atoms with van der Waals surface area (Å²) in [6, 6.07) is 6.05. The molecule has 0 aromatic heterocycles. The largest absolute Gasteiger partial charge is 0.497 e. The number of esters is 1. The van der Waals surface area contributed by atoms with E-state index in [0.717, 1.165) is 6.42 Å². The van der Waals surface area contributed by atoms with Crippen molar-refractivity contribution in [1.82, 2.24) is 5.32 Å². The topological polar surface area (TPSA) is 64.6 Å². The lowest BCUT2D eigenvalue weighted by Gasteiger charge is -2.13. The molecule has 104 valence electrons. The molecule has 1 unspecified atom stereocenters. The Morgan fingerprint density at radius 2 is 2.11 bits per heavy atom. The number of methoxy groups -OCH3 is 1. The Bertz CT molecular complexity index is 445. The lowest BCUT2D eigenvalue weighted by atomic mass is 10.2. The van der Waals surface area contributed by atoms with E-state index in [2.05, 4.69) is 5.32 Å². The molecule has 1 aromatic carbocycles. The van der Waals surface area contributed by atoms with Crippen molar-refractivity contribution in [2.24, 2.45) is 0 Å². The molecule has 0 saturated heterocycles. The summed E-state index contributed by atoms with van der Waals surface area (Å²) >= 11 is 0. The van der Waals surface area contributed by atoms with Crippen LogP contribution in [-0.2, 0) is 9.53 Å². The van der Waals surface area contributed by atoms with Gasteiger partial charge < -0.3 is 14.8 Å². The Balaban J connectivity index is 2.60. The molecular weight excluding hydrogens is 246 g/mol. The fraction of sp³-hybridized carbons (Fsp3) is 0.429. The molecule has 0 saturated carbocycles. The van der Waals surface area contributed by atoms with Gasteiger partial charge in [-0.25, -0.2) is 4.79 Å². The summed E-state index contributed by atoms with van der Waals surface area (Å²) in [6.07, 6.45) is 0.752. The fourth-order valence-electron chi connectivity index (χ4n) is 1.43. The Morgan fingerprint density at radius 3 is 2.74 bits per heavy atom. The highest BCUT2D eigenvalue weighted by Gasteiger charge is 2.17. The van der Waals surface area contributed by atoms with E-state index in [-0.39, 0.29) is 5.91 Å². The number of rotatable bonds is 6. The average molecular weight is 265 g/mol. The summed E-state index contributed by atoms with van der Waals surface area (Å²) in [5.74, 6) is -0.174. The number of hydrogen-bond acceptors (Lipinski definition) is 4. The Labute approximate surface area is 112 Å². The quantitative estimate of drug-likeness (QED) is 0.796. The molecule has 1 aromatic rings. The molecule has 0 aliphatic carbocycles. The Morgan fingerprint density at radius 1 is 1.37 bits per heavy atom. The molecule has 0 aliphatic rings. The predicted molar refractivity (Wildman–Crippen MR) is 71.2 cm³/mol. The van der Waals surface area contributed by atoms with Crippen LogP contribution >= 0.6 is 0 Å². The van der Waals surface area contributed by atoms with Crippen LogP contribution in [0.5, 0.6) is 5.75 Å². The lowest BCUT2D eigenvalue weighted by molar-refractivity contribution is -0.145. The molecule has 1 amide bonds. The number of nitrogens with one attached hydrogen (secondary N) is 1. The zero-order valence-electron chi connectivity index (χ0n) is 11.4. The summed E-state index contributed by atoms with van der Waals surface area (Å²) in [6.45, 7) is 3.86. The van der Waals surface area contributed by atoms with Crippen molar-refractivity contribution in [3.05, 3.63) is 29.8 Å². The van der Waals surface area contributed by atoms with E-state index in [1.165, 1.54) is 7.11 Å². The summed E-state index contributed by atoms with van der Waals surface area (Å²) in [5.41, 5.74) is 0.439. The van der Waals surface area contributed by atoms with Crippen LogP contribution in [0.25, 0.3) is 0 Å². The molecule has 0 radical (unpaired) electrons. The highest BCUT2D eigenvalue weighted by atomic mass is 16.5. The van der Waals surface area contributed by atoms with Crippen molar-refractivity contribution in [1.29, 1.82) is 0 Å². The molecular formula is C14H19NO4. The van der Waals surface area contributed by atoms with Crippen molar-refractivity contribution < 1.29 is 19.1 Å². The standard InChI is InChI=1S/C14H19NO4/c1-4-8-19-14(17)10(2)15-13(16)11-6-5-7-12(9-11)18-3/h5-7,9-10H,4,8H2,1-3H3,(H,15,16). The van der Waals surface area contributed by atoms with Crippen LogP contribution in [0, 0.1) is 0 Å². The van der Waals surface area contributed by atoms with Crippen molar-refractivity contribution in [3.8, 4) is 5.75 Å². The van der Waals surface area contributed by atoms with Gasteiger partial charge in [0.25, 0.3) is 5.91 Å². The predicted octanol–water partition coefficient (Wildman–Crippen LogP) is 1.77. The monoisotopic (exact) mass is 265 g/mol. The summed E-state index contributed by atoms with van der Waals surface area (Å²) in [5, 5.41) is 2.59. The minimum absolute atomic E-state index is 0.333. The fourth-order valence-corrected chi connectivity index (χ4v) is 1.43. The van der Waals surface area contributed by atoms with Crippen LogP contribution in [0.1, 0.15) is 30.6 Å². The third kappa shape index (κ3) is 4.62. The van der Waals surface area contributed by atoms with Crippen LogP contribution < -0.4 is 10.1 Å². The molecule has 1 atom stereocenters. The van der Waals surface area contributed by atoms with E-state index < -0.39 is 12.0 Å². The van der Waals surface area contributed by atoms with Gasteiger partial charge in [-0.1, -0.05) is 13.0 Å². The average Bonchev–Trinajstić information content (AvgIpc) is 2.44. The highest BCUT2D eigenvalue weighted by Crippen LogP contribution is 2.12. The van der Waals surface area contributed by atoms with Gasteiger partial charge in [0, 0.05) is 5.56 Å². The maximum Gasteiger partial charge on any atom is 0.328 e. The number of hydrogen-bond donors (Lipinski definition) is 1. The molecule has 1 rings (SSSR count). The van der Waals surface area contributed by atoms with Crippen LogP contribution in [0.2, 0.25) is 0 Å². The van der Waals surface area contributed by atoms with Crippen LogP contribution in [0.15, 0.2) is 24.3 Å². The van der Waals surface area contributed by atoms with Crippen LogP contribution in [-0.4, -0.2) is 31.6 Å². The first kappa shape index (κ1) is 15.0. The first-order valence-electron chi connectivity index (χ1n) is 6.20. The van der Waals surface area contributed by atoms with E-state index in [1.807, 2.05) is 6.92 Å². The summed E-state index contributed by atoms with van der Waals surface area (Å²) < 4.78 is 10.00. The highest BCUT2D eigenvalue weighted by molar-refractivity contribution is 5.96. The first-order valence-corrected chi connectivity index (χ1v) is 6.20. The van der Waals surface area contributed by atoms with Gasteiger partial charge in [0.15, 0.2) is 0 Å². The lowest BCUT2D eigenvalue weighted by Crippen LogP contribution is -2.39. The van der Waals surface area contributed by atoms with Crippen molar-refractivity contribution in [3.63, 3.8) is 0 Å². The maximum absolute atomic E-state index is 11.9. The van der Waals surface area contributed by atoms with Crippen molar-refractivity contribution >= 4 is 11.9 Å². The smallest absolute Gasteiger partial charge is 0.328 e. The first-order chi connectivity index (χ1) is 9.08. The summed E-state index contributed by atoms with van der Waals surface area (Å²) in [4.78, 5) is 23.5. The van der Waals surface area contributed by atoms with Gasteiger partial charge in [0.1, 0.15) is 11.8 Å². The second-order valence-electron chi connectivity index (χ2n) is 4.09. The molecule has 0 aliphatic heterocycles. The van der Waals surface area contributed by atoms with Gasteiger partial charge in [0.2, 0.25) is 0 Å². The minimum Gasteiger partial charge on any atom is -0.497 e. The second kappa shape index (κ2) is 7.41. The minimum atomic E-state index is -0.676. The number of amides is 1. The van der Waals surface area contributed by atoms with E-state index in [1.54, 1.807) is 31.2 Å². The zero-order chi connectivity index (χ0) is 14.3. The van der Waals surface area contributed by atoms with Crippen LogP contribution in [0.3, 0.4) is 0 Å². The van der Waals surface area contributed by atoms with E-state index in [0.29, 0.717) is 17.9 Å². The van der Waals surface area contributed by atoms with Gasteiger partial charge in [0.05, 0.1) is 13.7 Å². The number of benzene rings is 1. The van der Waals surface area contributed by atoms with E-state index in [9.17, 15) is 9.59 Å². The van der Waals surface area contributed by atoms with Crippen LogP contribution in [0.4, 0.5) is 0 Å². The molecule has 0 spiro atoms. The van der Waals surface area contributed by atoms with Gasteiger partial charge in [-0.05, 0) is 31.5 Å². The van der Waals surface area contributed by atoms with Gasteiger partial charge in [-0.2, -0.15) is 0 Å². The Kier molecular flexibility index (Phi) is 5.85. The third-order valence-corrected chi connectivity index (χ3v) is 2.48. The van der Waals surface area contributed by atoms with E-state index in [4.69, 9.17) is 9.47 Å². The van der Waals surface area contributed by atoms with Gasteiger partial charge in [-0.15, -0.1) is 0 Å². The molecule has 5 heteroatoms. The molecule has 0 fully saturated rings. The molecule has 1 N–H and O–H groups in total. The molecule has 5 nitrogen and oxygen atoms in total. The normalized spacial score (nSPS) is 11.5. The van der Waals surface area contributed by atoms with E-state index >= 15 is 0 Å². The van der Waals surface area contributed by atoms with Gasteiger partial charge in [-0.3, -0.25) is 4.79 Å². The molecule has 19 heavy (non-hydrogen) atoms.